The van der Waals surface area contributed by atoms with Gasteiger partial charge in [0.15, 0.2) is 0 Å². The minimum absolute atomic E-state index is 0.159. The van der Waals surface area contributed by atoms with E-state index in [0.29, 0.717) is 10.8 Å². The molecule has 0 heterocycles. The van der Waals surface area contributed by atoms with Gasteiger partial charge in [-0.1, -0.05) is 32.4 Å². The van der Waals surface area contributed by atoms with Gasteiger partial charge in [-0.05, 0) is 118 Å². The smallest absolute Gasteiger partial charge is 0.0657 e. The van der Waals surface area contributed by atoms with Crippen LogP contribution < -0.4 is 0 Å². The zero-order valence-corrected chi connectivity index (χ0v) is 19.0. The van der Waals surface area contributed by atoms with Crippen molar-refractivity contribution in [2.45, 2.75) is 111 Å². The van der Waals surface area contributed by atoms with Crippen molar-refractivity contribution in [1.82, 2.24) is 0 Å². The molecule has 2 heteroatoms. The molecule has 3 saturated carbocycles. The van der Waals surface area contributed by atoms with E-state index in [4.69, 9.17) is 0 Å². The third-order valence-corrected chi connectivity index (χ3v) is 10.2. The summed E-state index contributed by atoms with van der Waals surface area (Å²) in [4.78, 5) is 0. The van der Waals surface area contributed by atoms with Gasteiger partial charge in [0, 0.05) is 0 Å². The summed E-state index contributed by atoms with van der Waals surface area (Å²) in [6.07, 6.45) is 14.4. The van der Waals surface area contributed by atoms with E-state index in [0.717, 1.165) is 48.9 Å². The van der Waals surface area contributed by atoms with Gasteiger partial charge in [-0.15, -0.1) is 0 Å². The van der Waals surface area contributed by atoms with Crippen LogP contribution in [-0.4, -0.2) is 21.9 Å². The second-order valence-corrected chi connectivity index (χ2v) is 12.1. The fourth-order valence-corrected chi connectivity index (χ4v) is 8.49. The Morgan fingerprint density at radius 1 is 1.00 bits per heavy atom. The Bertz CT molecular complexity index is 620. The van der Waals surface area contributed by atoms with E-state index in [9.17, 15) is 10.2 Å². The fraction of sp³-hybridized carbons (Fsp3) is 0.923. The maximum Gasteiger partial charge on any atom is 0.0657 e. The molecule has 0 aromatic carbocycles. The lowest BCUT2D eigenvalue weighted by molar-refractivity contribution is -0.0708. The average molecular weight is 389 g/mol. The Hall–Kier alpha value is -0.340. The van der Waals surface area contributed by atoms with Crippen LogP contribution in [0.1, 0.15) is 98.8 Å². The van der Waals surface area contributed by atoms with Crippen LogP contribution in [0.3, 0.4) is 0 Å². The molecule has 3 fully saturated rings. The van der Waals surface area contributed by atoms with Crippen molar-refractivity contribution in [3.8, 4) is 0 Å². The first-order valence-electron chi connectivity index (χ1n) is 12.2. The number of hydrogen-bond acceptors (Lipinski definition) is 2. The van der Waals surface area contributed by atoms with Crippen LogP contribution in [0.4, 0.5) is 0 Å². The van der Waals surface area contributed by atoms with Gasteiger partial charge in [0.25, 0.3) is 0 Å². The second kappa shape index (κ2) is 7.12. The molecule has 4 rings (SSSR count). The molecule has 28 heavy (non-hydrogen) atoms. The van der Waals surface area contributed by atoms with Gasteiger partial charge in [0.05, 0.1) is 11.7 Å². The predicted octanol–water partition coefficient (Wildman–Crippen LogP) is 6.11. The normalized spacial score (nSPS) is 50.2. The first kappa shape index (κ1) is 20.9. The van der Waals surface area contributed by atoms with Gasteiger partial charge in [-0.25, -0.2) is 0 Å². The maximum absolute atomic E-state index is 10.6. The molecular formula is C26H44O2. The number of aliphatic hydroxyl groups excluding tert-OH is 1. The summed E-state index contributed by atoms with van der Waals surface area (Å²) in [6.45, 7) is 11.6. The van der Waals surface area contributed by atoms with Crippen LogP contribution in [0.25, 0.3) is 0 Å². The Morgan fingerprint density at radius 3 is 2.46 bits per heavy atom. The van der Waals surface area contributed by atoms with Crippen LogP contribution in [0.5, 0.6) is 0 Å². The minimum atomic E-state index is -0.487. The van der Waals surface area contributed by atoms with Crippen LogP contribution in [0.15, 0.2) is 11.6 Å². The van der Waals surface area contributed by atoms with Crippen LogP contribution in [0, 0.1) is 40.4 Å². The molecule has 2 N–H and O–H groups in total. The van der Waals surface area contributed by atoms with Crippen molar-refractivity contribution in [2.24, 2.45) is 40.4 Å². The van der Waals surface area contributed by atoms with Gasteiger partial charge in [-0.3, -0.25) is 0 Å². The summed E-state index contributed by atoms with van der Waals surface area (Å²) in [5.74, 6) is 4.12. The molecule has 1 unspecified atom stereocenters. The lowest BCUT2D eigenvalue weighted by atomic mass is 9.46. The molecule has 0 bridgehead atoms. The lowest BCUT2D eigenvalue weighted by Crippen LogP contribution is -2.52. The predicted molar refractivity (Wildman–Crippen MR) is 116 cm³/mol. The highest BCUT2D eigenvalue weighted by Gasteiger charge is 2.59. The zero-order chi connectivity index (χ0) is 20.3. The summed E-state index contributed by atoms with van der Waals surface area (Å²) in [7, 11) is 0. The third-order valence-electron chi connectivity index (χ3n) is 10.2. The monoisotopic (exact) mass is 388 g/mol. The highest BCUT2D eigenvalue weighted by Crippen LogP contribution is 2.67. The number of hydrogen-bond donors (Lipinski definition) is 2. The van der Waals surface area contributed by atoms with Crippen LogP contribution in [0.2, 0.25) is 0 Å². The van der Waals surface area contributed by atoms with E-state index in [-0.39, 0.29) is 6.10 Å². The molecule has 0 spiro atoms. The second-order valence-electron chi connectivity index (χ2n) is 12.1. The molecule has 4 aliphatic carbocycles. The molecule has 0 aromatic rings. The number of allylic oxidation sites excluding steroid dienone is 1. The van der Waals surface area contributed by atoms with Gasteiger partial charge in [0.2, 0.25) is 0 Å². The molecular weight excluding hydrogens is 344 g/mol. The molecule has 0 aliphatic heterocycles. The van der Waals surface area contributed by atoms with Crippen molar-refractivity contribution in [3.63, 3.8) is 0 Å². The van der Waals surface area contributed by atoms with E-state index in [1.807, 2.05) is 13.8 Å². The van der Waals surface area contributed by atoms with E-state index in [2.05, 4.69) is 26.8 Å². The molecule has 0 saturated heterocycles. The molecule has 0 aromatic heterocycles. The number of aliphatic hydroxyl groups is 2. The average Bonchev–Trinajstić information content (AvgIpc) is 2.97. The van der Waals surface area contributed by atoms with Gasteiger partial charge < -0.3 is 10.2 Å². The first-order valence-corrected chi connectivity index (χ1v) is 12.2. The van der Waals surface area contributed by atoms with Gasteiger partial charge >= 0.3 is 0 Å². The topological polar surface area (TPSA) is 40.5 Å². The molecule has 2 nitrogen and oxygen atoms in total. The summed E-state index contributed by atoms with van der Waals surface area (Å²) < 4.78 is 0. The molecule has 0 radical (unpaired) electrons. The van der Waals surface area contributed by atoms with E-state index in [1.54, 1.807) is 5.57 Å². The molecule has 4 aliphatic rings. The number of rotatable bonds is 4. The largest absolute Gasteiger partial charge is 0.393 e. The van der Waals surface area contributed by atoms with Crippen LogP contribution >= 0.6 is 0 Å². The quantitative estimate of drug-likeness (QED) is 0.570. The molecule has 0 amide bonds. The first-order chi connectivity index (χ1) is 13.1. The van der Waals surface area contributed by atoms with Crippen molar-refractivity contribution < 1.29 is 10.2 Å². The van der Waals surface area contributed by atoms with E-state index >= 15 is 0 Å². The zero-order valence-electron chi connectivity index (χ0n) is 19.0. The van der Waals surface area contributed by atoms with Crippen molar-refractivity contribution in [1.29, 1.82) is 0 Å². The molecule has 9 atom stereocenters. The van der Waals surface area contributed by atoms with Gasteiger partial charge in [0.1, 0.15) is 0 Å². The fourth-order valence-electron chi connectivity index (χ4n) is 8.49. The summed E-state index contributed by atoms with van der Waals surface area (Å²) in [6, 6.07) is 0. The molecule has 160 valence electrons. The summed E-state index contributed by atoms with van der Waals surface area (Å²) in [5, 5.41) is 20.4. The standard InChI is InChI=1S/C26H44O2/c1-17(6-7-18(2)27)21-10-11-22-20-9-8-19-16-24(3,28)14-15-25(19,4)23(20)12-13-26(21,22)5/h8,17-18,20-23,27-28H,6-7,9-16H2,1-5H3/t17-,18+,20?,21-,22+,23+,24+,25+,26-/m1/s1. The minimum Gasteiger partial charge on any atom is -0.393 e. The lowest BCUT2D eigenvalue weighted by Gasteiger charge is -2.59. The Labute approximate surface area is 173 Å². The number of fused-ring (bicyclic) bond motifs is 5. The Balaban J connectivity index is 1.54. The highest BCUT2D eigenvalue weighted by molar-refractivity contribution is 5.26. The van der Waals surface area contributed by atoms with Crippen molar-refractivity contribution >= 4 is 0 Å². The SMILES string of the molecule is C[C@H](O)CC[C@@H](C)[C@H]1CC[C@H]2C3CC=C4C[C@@](C)(O)CC[C@]4(C)[C@H]3CC[C@]12C. The van der Waals surface area contributed by atoms with Crippen LogP contribution in [-0.2, 0) is 0 Å². The van der Waals surface area contributed by atoms with Crippen molar-refractivity contribution in [3.05, 3.63) is 11.6 Å². The van der Waals surface area contributed by atoms with E-state index in [1.165, 1.54) is 44.9 Å². The van der Waals surface area contributed by atoms with Gasteiger partial charge in [-0.2, -0.15) is 0 Å². The summed E-state index contributed by atoms with van der Waals surface area (Å²) in [5.41, 5.74) is 1.93. The van der Waals surface area contributed by atoms with Crippen molar-refractivity contribution in [2.75, 3.05) is 0 Å². The third kappa shape index (κ3) is 3.31. The summed E-state index contributed by atoms with van der Waals surface area (Å²) >= 11 is 0. The Kier molecular flexibility index (Phi) is 5.32. The van der Waals surface area contributed by atoms with E-state index < -0.39 is 5.60 Å². The highest BCUT2D eigenvalue weighted by atomic mass is 16.3. The Morgan fingerprint density at radius 2 is 1.75 bits per heavy atom. The maximum atomic E-state index is 10.6.